The fraction of sp³-hybridized carbons (Fsp3) is 0.917. The molecule has 0 aromatic carbocycles. The van der Waals surface area contributed by atoms with E-state index in [1.54, 1.807) is 0 Å². The Labute approximate surface area is 103 Å². The maximum absolute atomic E-state index is 11.8. The molecule has 1 amide bonds. The summed E-state index contributed by atoms with van der Waals surface area (Å²) in [6, 6.07) is -0.375. The molecule has 1 aliphatic rings. The summed E-state index contributed by atoms with van der Waals surface area (Å²) in [6.45, 7) is 4.72. The standard InChI is InChI=1S/C12H24N2OS/c1-9(2)10(13)11(15)14-8-12(16-3)6-4-5-7-12/h9-10H,4-8,13H2,1-3H3,(H,14,15)/t10-/m1/s1. The quantitative estimate of drug-likeness (QED) is 0.775. The molecule has 3 N–H and O–H groups in total. The molecule has 0 saturated heterocycles. The predicted octanol–water partition coefficient (Wildman–Crippen LogP) is 1.76. The zero-order valence-electron chi connectivity index (χ0n) is 10.6. The topological polar surface area (TPSA) is 55.1 Å². The van der Waals surface area contributed by atoms with Crippen LogP contribution in [0.3, 0.4) is 0 Å². The van der Waals surface area contributed by atoms with Crippen molar-refractivity contribution in [2.45, 2.75) is 50.3 Å². The van der Waals surface area contributed by atoms with E-state index < -0.39 is 0 Å². The van der Waals surface area contributed by atoms with Crippen LogP contribution >= 0.6 is 11.8 Å². The summed E-state index contributed by atoms with van der Waals surface area (Å²) in [4.78, 5) is 11.8. The molecule has 0 unspecified atom stereocenters. The summed E-state index contributed by atoms with van der Waals surface area (Å²) in [7, 11) is 0. The van der Waals surface area contributed by atoms with E-state index in [1.807, 2.05) is 25.6 Å². The average Bonchev–Trinajstić information content (AvgIpc) is 2.74. The highest BCUT2D eigenvalue weighted by Gasteiger charge is 2.33. The predicted molar refractivity (Wildman–Crippen MR) is 70.5 cm³/mol. The number of carbonyl (C=O) groups is 1. The molecular formula is C12H24N2OS. The summed E-state index contributed by atoms with van der Waals surface area (Å²) < 4.78 is 0.270. The van der Waals surface area contributed by atoms with Crippen molar-refractivity contribution in [2.75, 3.05) is 12.8 Å². The summed E-state index contributed by atoms with van der Waals surface area (Å²) in [5.41, 5.74) is 5.81. The van der Waals surface area contributed by atoms with Crippen LogP contribution in [0, 0.1) is 5.92 Å². The van der Waals surface area contributed by atoms with E-state index in [0.29, 0.717) is 0 Å². The van der Waals surface area contributed by atoms with Gasteiger partial charge in [-0.3, -0.25) is 4.79 Å². The van der Waals surface area contributed by atoms with Crippen molar-refractivity contribution >= 4 is 17.7 Å². The van der Waals surface area contributed by atoms with E-state index in [0.717, 1.165) is 6.54 Å². The molecule has 3 nitrogen and oxygen atoms in total. The van der Waals surface area contributed by atoms with Gasteiger partial charge in [-0.05, 0) is 25.0 Å². The zero-order chi connectivity index (χ0) is 12.2. The molecule has 1 aliphatic carbocycles. The van der Waals surface area contributed by atoms with Crippen LogP contribution in [-0.4, -0.2) is 29.5 Å². The Bertz CT molecular complexity index is 237. The Morgan fingerprint density at radius 1 is 1.44 bits per heavy atom. The fourth-order valence-corrected chi connectivity index (χ4v) is 3.05. The number of rotatable bonds is 5. The van der Waals surface area contributed by atoms with Crippen LogP contribution in [0.2, 0.25) is 0 Å². The second kappa shape index (κ2) is 5.92. The summed E-state index contributed by atoms with van der Waals surface area (Å²) in [5, 5.41) is 3.01. The van der Waals surface area contributed by atoms with Crippen molar-refractivity contribution in [3.05, 3.63) is 0 Å². The third kappa shape index (κ3) is 3.39. The molecule has 16 heavy (non-hydrogen) atoms. The number of hydrogen-bond acceptors (Lipinski definition) is 3. The first-order valence-corrected chi connectivity index (χ1v) is 7.32. The second-order valence-electron chi connectivity index (χ2n) is 5.08. The minimum Gasteiger partial charge on any atom is -0.353 e. The monoisotopic (exact) mass is 244 g/mol. The van der Waals surface area contributed by atoms with Gasteiger partial charge in [-0.15, -0.1) is 0 Å². The first-order valence-electron chi connectivity index (χ1n) is 6.09. The normalized spacial score (nSPS) is 21.1. The Balaban J connectivity index is 2.41. The molecule has 0 aromatic heterocycles. The lowest BCUT2D eigenvalue weighted by atomic mass is 10.0. The molecule has 0 bridgehead atoms. The Morgan fingerprint density at radius 3 is 2.44 bits per heavy atom. The molecule has 4 heteroatoms. The van der Waals surface area contributed by atoms with Crippen LogP contribution in [0.15, 0.2) is 0 Å². The third-order valence-corrected chi connectivity index (χ3v) is 4.97. The van der Waals surface area contributed by atoms with E-state index in [1.165, 1.54) is 25.7 Å². The van der Waals surface area contributed by atoms with Crippen molar-refractivity contribution in [1.82, 2.24) is 5.32 Å². The molecule has 0 aromatic rings. The minimum atomic E-state index is -0.375. The van der Waals surface area contributed by atoms with Gasteiger partial charge in [0.05, 0.1) is 6.04 Å². The van der Waals surface area contributed by atoms with Crippen molar-refractivity contribution in [1.29, 1.82) is 0 Å². The first kappa shape index (κ1) is 13.8. The van der Waals surface area contributed by atoms with Crippen LogP contribution in [0.25, 0.3) is 0 Å². The molecule has 0 spiro atoms. The third-order valence-electron chi connectivity index (χ3n) is 3.55. The smallest absolute Gasteiger partial charge is 0.237 e. The number of nitrogens with two attached hydrogens (primary N) is 1. The molecule has 0 aliphatic heterocycles. The highest BCUT2D eigenvalue weighted by atomic mass is 32.2. The van der Waals surface area contributed by atoms with E-state index in [2.05, 4.69) is 11.6 Å². The second-order valence-corrected chi connectivity index (χ2v) is 6.36. The molecule has 1 atom stereocenters. The largest absolute Gasteiger partial charge is 0.353 e. The van der Waals surface area contributed by atoms with Gasteiger partial charge in [0.25, 0.3) is 0 Å². The molecule has 1 saturated carbocycles. The number of amides is 1. The van der Waals surface area contributed by atoms with Crippen LogP contribution in [-0.2, 0) is 4.79 Å². The van der Waals surface area contributed by atoms with Gasteiger partial charge < -0.3 is 11.1 Å². The lowest BCUT2D eigenvalue weighted by molar-refractivity contribution is -0.123. The van der Waals surface area contributed by atoms with Crippen molar-refractivity contribution in [3.8, 4) is 0 Å². The maximum Gasteiger partial charge on any atom is 0.237 e. The number of thioether (sulfide) groups is 1. The first-order chi connectivity index (χ1) is 7.51. The lowest BCUT2D eigenvalue weighted by Crippen LogP contribution is -2.48. The molecule has 1 rings (SSSR count). The summed E-state index contributed by atoms with van der Waals surface area (Å²) in [5.74, 6) is 0.198. The minimum absolute atomic E-state index is 0.00433. The molecule has 0 heterocycles. The Kier molecular flexibility index (Phi) is 5.12. The number of hydrogen-bond donors (Lipinski definition) is 2. The summed E-state index contributed by atoms with van der Waals surface area (Å²) in [6.07, 6.45) is 7.14. The van der Waals surface area contributed by atoms with Gasteiger partial charge in [-0.25, -0.2) is 0 Å². The van der Waals surface area contributed by atoms with Gasteiger partial charge in [0.2, 0.25) is 5.91 Å². The molecule has 1 fully saturated rings. The van der Waals surface area contributed by atoms with Gasteiger partial charge in [0.15, 0.2) is 0 Å². The fourth-order valence-electron chi connectivity index (χ4n) is 2.14. The van der Waals surface area contributed by atoms with E-state index in [-0.39, 0.29) is 22.6 Å². The Morgan fingerprint density at radius 2 is 2.00 bits per heavy atom. The van der Waals surface area contributed by atoms with Gasteiger partial charge in [0, 0.05) is 11.3 Å². The number of carbonyl (C=O) groups excluding carboxylic acids is 1. The highest BCUT2D eigenvalue weighted by Crippen LogP contribution is 2.39. The Hall–Kier alpha value is -0.220. The van der Waals surface area contributed by atoms with Crippen molar-refractivity contribution in [3.63, 3.8) is 0 Å². The van der Waals surface area contributed by atoms with Crippen molar-refractivity contribution in [2.24, 2.45) is 11.7 Å². The zero-order valence-corrected chi connectivity index (χ0v) is 11.4. The van der Waals surface area contributed by atoms with Crippen LogP contribution in [0.5, 0.6) is 0 Å². The van der Waals surface area contributed by atoms with Crippen LogP contribution < -0.4 is 11.1 Å². The van der Waals surface area contributed by atoms with Crippen LogP contribution in [0.4, 0.5) is 0 Å². The van der Waals surface area contributed by atoms with Gasteiger partial charge in [-0.1, -0.05) is 26.7 Å². The van der Waals surface area contributed by atoms with Crippen LogP contribution in [0.1, 0.15) is 39.5 Å². The SMILES string of the molecule is CSC1(CNC(=O)[C@H](N)C(C)C)CCCC1. The van der Waals surface area contributed by atoms with E-state index in [9.17, 15) is 4.79 Å². The maximum atomic E-state index is 11.8. The lowest BCUT2D eigenvalue weighted by Gasteiger charge is -2.28. The van der Waals surface area contributed by atoms with E-state index in [4.69, 9.17) is 5.73 Å². The molecule has 0 radical (unpaired) electrons. The summed E-state index contributed by atoms with van der Waals surface area (Å²) >= 11 is 1.89. The average molecular weight is 244 g/mol. The van der Waals surface area contributed by atoms with Gasteiger partial charge in [-0.2, -0.15) is 11.8 Å². The van der Waals surface area contributed by atoms with Gasteiger partial charge >= 0.3 is 0 Å². The number of nitrogens with one attached hydrogen (secondary N) is 1. The van der Waals surface area contributed by atoms with E-state index >= 15 is 0 Å². The van der Waals surface area contributed by atoms with Gasteiger partial charge in [0.1, 0.15) is 0 Å². The molecular weight excluding hydrogens is 220 g/mol. The highest BCUT2D eigenvalue weighted by molar-refractivity contribution is 8.00. The molecule has 94 valence electrons. The van der Waals surface area contributed by atoms with Crippen molar-refractivity contribution < 1.29 is 4.79 Å².